The molecule has 0 radical (unpaired) electrons. The second-order valence-electron chi connectivity index (χ2n) is 4.60. The van der Waals surface area contributed by atoms with E-state index in [0.29, 0.717) is 17.9 Å². The fraction of sp³-hybridized carbons (Fsp3) is 0.615. The number of methoxy groups -OCH3 is 1. The molecule has 1 aromatic rings. The maximum Gasteiger partial charge on any atom is 0.137 e. The number of rotatable bonds is 3. The van der Waals surface area contributed by atoms with Crippen LogP contribution in [0, 0.1) is 5.92 Å². The summed E-state index contributed by atoms with van der Waals surface area (Å²) in [6, 6.07) is 2.75. The number of nitrogens with zero attached hydrogens (tertiary/aromatic N) is 1. The Morgan fingerprint density at radius 3 is 2.81 bits per heavy atom. The molecule has 0 spiro atoms. The van der Waals surface area contributed by atoms with Crippen molar-refractivity contribution in [3.8, 4) is 5.75 Å². The summed E-state index contributed by atoms with van der Waals surface area (Å²) in [7, 11) is 3.74. The lowest BCUT2D eigenvalue weighted by Crippen LogP contribution is -2.28. The van der Waals surface area contributed by atoms with Crippen LogP contribution < -0.4 is 10.1 Å². The molecule has 88 valence electrons. The van der Waals surface area contributed by atoms with Crippen LogP contribution in [0.4, 0.5) is 0 Å². The smallest absolute Gasteiger partial charge is 0.137 e. The summed E-state index contributed by atoms with van der Waals surface area (Å²) in [4.78, 5) is 4.24. The quantitative estimate of drug-likeness (QED) is 0.848. The zero-order valence-electron chi connectivity index (χ0n) is 10.2. The van der Waals surface area contributed by atoms with E-state index in [1.165, 1.54) is 18.4 Å². The number of hydrogen-bond acceptors (Lipinski definition) is 3. The number of hydrogen-bond donors (Lipinski definition) is 1. The highest BCUT2D eigenvalue weighted by molar-refractivity contribution is 5.27. The molecule has 3 atom stereocenters. The number of nitrogens with one attached hydrogen (secondary N) is 1. The highest BCUT2D eigenvalue weighted by Crippen LogP contribution is 2.39. The van der Waals surface area contributed by atoms with Crippen LogP contribution in [-0.2, 0) is 0 Å². The van der Waals surface area contributed by atoms with Crippen LogP contribution in [0.25, 0.3) is 0 Å². The van der Waals surface area contributed by atoms with Gasteiger partial charge in [-0.25, -0.2) is 0 Å². The third kappa shape index (κ3) is 2.05. The molecular formula is C13H20N2O. The Hall–Kier alpha value is -1.09. The van der Waals surface area contributed by atoms with Crippen LogP contribution in [0.2, 0.25) is 0 Å². The van der Waals surface area contributed by atoms with Gasteiger partial charge < -0.3 is 10.1 Å². The molecule has 3 heteroatoms. The predicted molar refractivity (Wildman–Crippen MR) is 64.8 cm³/mol. The van der Waals surface area contributed by atoms with Crippen molar-refractivity contribution < 1.29 is 4.74 Å². The fourth-order valence-electron chi connectivity index (χ4n) is 2.79. The van der Waals surface area contributed by atoms with Gasteiger partial charge in [0.15, 0.2) is 0 Å². The van der Waals surface area contributed by atoms with E-state index in [0.717, 1.165) is 5.75 Å². The lowest BCUT2D eigenvalue weighted by atomic mass is 9.90. The summed E-state index contributed by atoms with van der Waals surface area (Å²) in [5, 5.41) is 3.39. The van der Waals surface area contributed by atoms with Gasteiger partial charge >= 0.3 is 0 Å². The molecule has 0 aliphatic heterocycles. The summed E-state index contributed by atoms with van der Waals surface area (Å²) >= 11 is 0. The average molecular weight is 220 g/mol. The van der Waals surface area contributed by atoms with Crippen molar-refractivity contribution in [3.63, 3.8) is 0 Å². The number of aromatic nitrogens is 1. The predicted octanol–water partition coefficient (Wildman–Crippen LogP) is 2.19. The maximum absolute atomic E-state index is 5.22. The van der Waals surface area contributed by atoms with Gasteiger partial charge in [0.05, 0.1) is 13.3 Å². The van der Waals surface area contributed by atoms with Crippen molar-refractivity contribution in [2.24, 2.45) is 5.92 Å². The van der Waals surface area contributed by atoms with E-state index < -0.39 is 0 Å². The number of ether oxygens (including phenoxy) is 1. The first-order valence-electron chi connectivity index (χ1n) is 5.92. The molecule has 16 heavy (non-hydrogen) atoms. The second-order valence-corrected chi connectivity index (χ2v) is 4.60. The van der Waals surface area contributed by atoms with Crippen LogP contribution in [0.3, 0.4) is 0 Å². The molecule has 0 amide bonds. The van der Waals surface area contributed by atoms with Crippen LogP contribution in [0.15, 0.2) is 18.5 Å². The Labute approximate surface area is 97.2 Å². The van der Waals surface area contributed by atoms with Crippen molar-refractivity contribution >= 4 is 0 Å². The van der Waals surface area contributed by atoms with Gasteiger partial charge in [-0.05, 0) is 43.4 Å². The lowest BCUT2D eigenvalue weighted by Gasteiger charge is -2.20. The fourth-order valence-corrected chi connectivity index (χ4v) is 2.79. The van der Waals surface area contributed by atoms with Gasteiger partial charge in [0.2, 0.25) is 0 Å². The molecular weight excluding hydrogens is 200 g/mol. The van der Waals surface area contributed by atoms with E-state index in [-0.39, 0.29) is 0 Å². The summed E-state index contributed by atoms with van der Waals surface area (Å²) in [6.07, 6.45) is 6.22. The SMILES string of the molecule is CNC1CCC(c2cncc(OC)c2)C1C. The van der Waals surface area contributed by atoms with Crippen molar-refractivity contribution in [3.05, 3.63) is 24.0 Å². The van der Waals surface area contributed by atoms with Gasteiger partial charge in [-0.2, -0.15) is 0 Å². The molecule has 1 aliphatic carbocycles. The van der Waals surface area contributed by atoms with Gasteiger partial charge in [-0.3, -0.25) is 4.98 Å². The van der Waals surface area contributed by atoms with Gasteiger partial charge in [0.1, 0.15) is 5.75 Å². The Morgan fingerprint density at radius 1 is 1.38 bits per heavy atom. The molecule has 2 rings (SSSR count). The molecule has 1 N–H and O–H groups in total. The zero-order chi connectivity index (χ0) is 11.5. The largest absolute Gasteiger partial charge is 0.495 e. The Morgan fingerprint density at radius 2 is 2.19 bits per heavy atom. The van der Waals surface area contributed by atoms with E-state index in [2.05, 4.69) is 23.3 Å². The first-order valence-corrected chi connectivity index (χ1v) is 5.92. The molecule has 3 nitrogen and oxygen atoms in total. The average Bonchev–Trinajstić information content (AvgIpc) is 2.70. The molecule has 0 bridgehead atoms. The molecule has 1 heterocycles. The van der Waals surface area contributed by atoms with Gasteiger partial charge in [0.25, 0.3) is 0 Å². The highest BCUT2D eigenvalue weighted by atomic mass is 16.5. The lowest BCUT2D eigenvalue weighted by molar-refractivity contribution is 0.407. The van der Waals surface area contributed by atoms with E-state index >= 15 is 0 Å². The first-order chi connectivity index (χ1) is 7.76. The minimum absolute atomic E-state index is 0.611. The molecule has 3 unspecified atom stereocenters. The zero-order valence-corrected chi connectivity index (χ0v) is 10.2. The van der Waals surface area contributed by atoms with Crippen molar-refractivity contribution in [2.45, 2.75) is 31.7 Å². The van der Waals surface area contributed by atoms with Crippen molar-refractivity contribution in [1.29, 1.82) is 0 Å². The Kier molecular flexibility index (Phi) is 3.44. The van der Waals surface area contributed by atoms with E-state index in [1.54, 1.807) is 13.3 Å². The van der Waals surface area contributed by atoms with Crippen molar-refractivity contribution in [1.82, 2.24) is 10.3 Å². The van der Waals surface area contributed by atoms with Crippen LogP contribution in [-0.4, -0.2) is 25.2 Å². The van der Waals surface area contributed by atoms with E-state index in [9.17, 15) is 0 Å². The maximum atomic E-state index is 5.22. The topological polar surface area (TPSA) is 34.2 Å². The van der Waals surface area contributed by atoms with Gasteiger partial charge in [0, 0.05) is 12.2 Å². The van der Waals surface area contributed by atoms with Crippen LogP contribution in [0.1, 0.15) is 31.2 Å². The summed E-state index contributed by atoms with van der Waals surface area (Å²) in [5.41, 5.74) is 1.31. The third-order valence-corrected chi connectivity index (χ3v) is 3.83. The minimum Gasteiger partial charge on any atom is -0.495 e. The molecule has 0 aromatic carbocycles. The molecule has 1 aromatic heterocycles. The molecule has 1 aliphatic rings. The van der Waals surface area contributed by atoms with E-state index in [1.807, 2.05) is 13.2 Å². The minimum atomic E-state index is 0.611. The molecule has 0 saturated heterocycles. The van der Waals surface area contributed by atoms with Crippen LogP contribution in [0.5, 0.6) is 5.75 Å². The van der Waals surface area contributed by atoms with Crippen LogP contribution >= 0.6 is 0 Å². The first kappa shape index (κ1) is 11.4. The standard InChI is InChI=1S/C13H20N2O/c1-9-12(4-5-13(9)14-2)10-6-11(16-3)8-15-7-10/h6-9,12-14H,4-5H2,1-3H3. The van der Waals surface area contributed by atoms with Gasteiger partial charge in [-0.15, -0.1) is 0 Å². The summed E-state index contributed by atoms with van der Waals surface area (Å²) in [6.45, 7) is 2.32. The Balaban J connectivity index is 2.18. The highest BCUT2D eigenvalue weighted by Gasteiger charge is 2.32. The molecule has 1 saturated carbocycles. The monoisotopic (exact) mass is 220 g/mol. The second kappa shape index (κ2) is 4.83. The van der Waals surface area contributed by atoms with Crippen molar-refractivity contribution in [2.75, 3.05) is 14.2 Å². The third-order valence-electron chi connectivity index (χ3n) is 3.83. The molecule has 1 fully saturated rings. The van der Waals surface area contributed by atoms with Gasteiger partial charge in [-0.1, -0.05) is 6.92 Å². The van der Waals surface area contributed by atoms with E-state index in [4.69, 9.17) is 4.74 Å². The Bertz CT molecular complexity index is 354. The summed E-state index contributed by atoms with van der Waals surface area (Å²) in [5.74, 6) is 2.14. The normalized spacial score (nSPS) is 29.3. The summed E-state index contributed by atoms with van der Waals surface area (Å²) < 4.78 is 5.22. The number of pyridine rings is 1.